The molecule has 2 N–H and O–H groups in total. The molecular formula is C18H16F3N3O2S. The van der Waals surface area contributed by atoms with Crippen molar-refractivity contribution in [3.05, 3.63) is 72.1 Å². The van der Waals surface area contributed by atoms with Crippen LogP contribution in [0.25, 0.3) is 11.4 Å². The number of hydrogen-bond acceptors (Lipinski definition) is 3. The van der Waals surface area contributed by atoms with Crippen LogP contribution in [0.2, 0.25) is 0 Å². The molecule has 0 saturated carbocycles. The average molecular weight is 395 g/mol. The lowest BCUT2D eigenvalue weighted by atomic mass is 10.1. The topological polar surface area (TPSA) is 78.0 Å². The van der Waals surface area contributed by atoms with Crippen LogP contribution in [0, 0.1) is 0 Å². The maximum atomic E-state index is 13.2. The average Bonchev–Trinajstić information content (AvgIpc) is 3.07. The molecule has 0 aliphatic heterocycles. The number of rotatable bonds is 4. The summed E-state index contributed by atoms with van der Waals surface area (Å²) in [5.74, 6) is 0.0830. The largest absolute Gasteiger partial charge is 0.434 e. The predicted molar refractivity (Wildman–Crippen MR) is 94.3 cm³/mol. The van der Waals surface area contributed by atoms with Gasteiger partial charge in [-0.05, 0) is 36.8 Å². The minimum absolute atomic E-state index is 0.0830. The predicted octanol–water partition coefficient (Wildman–Crippen LogP) is 3.83. The molecule has 9 heteroatoms. The highest BCUT2D eigenvalue weighted by Crippen LogP contribution is 2.34. The molecule has 142 valence electrons. The first-order chi connectivity index (χ1) is 12.6. The number of benzene rings is 2. The van der Waals surface area contributed by atoms with E-state index < -0.39 is 27.9 Å². The molecule has 0 bridgehead atoms. The zero-order valence-electron chi connectivity index (χ0n) is 14.2. The second-order valence-electron chi connectivity index (χ2n) is 6.01. The van der Waals surface area contributed by atoms with Crippen LogP contribution >= 0.6 is 0 Å². The van der Waals surface area contributed by atoms with E-state index in [-0.39, 0.29) is 10.7 Å². The number of halogens is 3. The lowest BCUT2D eigenvalue weighted by Crippen LogP contribution is -2.12. The third kappa shape index (κ3) is 4.04. The number of aromatic nitrogens is 2. The fourth-order valence-electron chi connectivity index (χ4n) is 2.72. The lowest BCUT2D eigenvalue weighted by molar-refractivity contribution is -0.140. The van der Waals surface area contributed by atoms with Gasteiger partial charge >= 0.3 is 6.18 Å². The monoisotopic (exact) mass is 395 g/mol. The minimum Gasteiger partial charge on any atom is -0.323 e. The Bertz CT molecular complexity index is 1040. The van der Waals surface area contributed by atoms with E-state index in [1.54, 1.807) is 19.1 Å². The molecule has 1 atom stereocenters. The van der Waals surface area contributed by atoms with Crippen molar-refractivity contribution < 1.29 is 21.6 Å². The van der Waals surface area contributed by atoms with Gasteiger partial charge in [-0.25, -0.2) is 18.5 Å². The number of sulfonamides is 1. The van der Waals surface area contributed by atoms with Gasteiger partial charge in [-0.3, -0.25) is 0 Å². The van der Waals surface area contributed by atoms with Crippen molar-refractivity contribution in [2.24, 2.45) is 5.14 Å². The molecule has 0 aliphatic carbocycles. The van der Waals surface area contributed by atoms with Crippen molar-refractivity contribution in [2.75, 3.05) is 0 Å². The number of nitrogens with two attached hydrogens (primary N) is 1. The lowest BCUT2D eigenvalue weighted by Gasteiger charge is -2.17. The van der Waals surface area contributed by atoms with Crippen LogP contribution in [-0.4, -0.2) is 18.0 Å². The third-order valence-electron chi connectivity index (χ3n) is 4.16. The van der Waals surface area contributed by atoms with E-state index in [2.05, 4.69) is 4.98 Å². The van der Waals surface area contributed by atoms with Crippen molar-refractivity contribution >= 4 is 10.0 Å². The molecule has 0 saturated heterocycles. The van der Waals surface area contributed by atoms with Crippen molar-refractivity contribution in [1.82, 2.24) is 9.55 Å². The first kappa shape index (κ1) is 19.1. The Balaban J connectivity index is 2.12. The quantitative estimate of drug-likeness (QED) is 0.729. The molecular weight excluding hydrogens is 379 g/mol. The van der Waals surface area contributed by atoms with Crippen molar-refractivity contribution in [2.45, 2.75) is 24.0 Å². The maximum Gasteiger partial charge on any atom is 0.434 e. The zero-order chi connectivity index (χ0) is 19.8. The van der Waals surface area contributed by atoms with E-state index in [0.29, 0.717) is 5.56 Å². The maximum absolute atomic E-state index is 13.2. The molecule has 1 aromatic heterocycles. The summed E-state index contributed by atoms with van der Waals surface area (Å²) in [6.45, 7) is 1.76. The highest BCUT2D eigenvalue weighted by molar-refractivity contribution is 7.89. The van der Waals surface area contributed by atoms with Gasteiger partial charge in [-0.15, -0.1) is 0 Å². The van der Waals surface area contributed by atoms with Crippen LogP contribution in [0.3, 0.4) is 0 Å². The van der Waals surface area contributed by atoms with Gasteiger partial charge in [0.15, 0.2) is 5.69 Å². The van der Waals surface area contributed by atoms with Gasteiger partial charge in [0, 0.05) is 11.8 Å². The van der Waals surface area contributed by atoms with Gasteiger partial charge in [0.2, 0.25) is 10.0 Å². The summed E-state index contributed by atoms with van der Waals surface area (Å²) in [7, 11) is -3.90. The molecule has 2 aromatic carbocycles. The highest BCUT2D eigenvalue weighted by atomic mass is 32.2. The third-order valence-corrected chi connectivity index (χ3v) is 5.09. The number of primary sulfonamides is 1. The Morgan fingerprint density at radius 2 is 1.63 bits per heavy atom. The summed E-state index contributed by atoms with van der Waals surface area (Å²) in [5.41, 5.74) is 0.141. The molecule has 0 fully saturated rings. The van der Waals surface area contributed by atoms with Crippen LogP contribution in [-0.2, 0) is 16.2 Å². The van der Waals surface area contributed by atoms with Gasteiger partial charge in [-0.2, -0.15) is 13.2 Å². The summed E-state index contributed by atoms with van der Waals surface area (Å²) in [4.78, 5) is 3.62. The molecule has 3 aromatic rings. The minimum atomic E-state index is -4.60. The Kier molecular flexibility index (Phi) is 4.83. The number of imidazole rings is 1. The van der Waals surface area contributed by atoms with Crippen LogP contribution in [0.4, 0.5) is 13.2 Å². The molecule has 0 aliphatic rings. The molecule has 0 radical (unpaired) electrons. The van der Waals surface area contributed by atoms with E-state index >= 15 is 0 Å². The highest BCUT2D eigenvalue weighted by Gasteiger charge is 2.35. The van der Waals surface area contributed by atoms with Gasteiger partial charge in [-0.1, -0.05) is 30.3 Å². The second kappa shape index (κ2) is 6.82. The fraction of sp³-hybridized carbons (Fsp3) is 0.167. The van der Waals surface area contributed by atoms with E-state index in [4.69, 9.17) is 5.14 Å². The number of alkyl halides is 3. The van der Waals surface area contributed by atoms with E-state index in [9.17, 15) is 21.6 Å². The molecule has 1 heterocycles. The van der Waals surface area contributed by atoms with Gasteiger partial charge in [0.05, 0.1) is 10.9 Å². The van der Waals surface area contributed by atoms with Crippen LogP contribution in [0.1, 0.15) is 24.2 Å². The standard InChI is InChI=1S/C18H16F3N3O2S/c1-12(13-5-3-2-4-6-13)24-11-16(18(19,20)21)23-17(24)14-7-9-15(10-8-14)27(22,25)26/h2-12H,1H3,(H2,22,25,26). The van der Waals surface area contributed by atoms with Gasteiger partial charge in [0.1, 0.15) is 5.82 Å². The first-order valence-electron chi connectivity index (χ1n) is 7.91. The zero-order valence-corrected chi connectivity index (χ0v) is 15.0. The summed E-state index contributed by atoms with van der Waals surface area (Å²) in [6, 6.07) is 13.9. The first-order valence-corrected chi connectivity index (χ1v) is 9.46. The Morgan fingerprint density at radius 3 is 2.15 bits per heavy atom. The van der Waals surface area contributed by atoms with Gasteiger partial charge < -0.3 is 4.57 Å². The molecule has 1 unspecified atom stereocenters. The van der Waals surface area contributed by atoms with Crippen LogP contribution in [0.5, 0.6) is 0 Å². The second-order valence-corrected chi connectivity index (χ2v) is 7.57. The Morgan fingerprint density at radius 1 is 1.04 bits per heavy atom. The van der Waals surface area contributed by atoms with E-state index in [1.165, 1.54) is 28.8 Å². The summed E-state index contributed by atoms with van der Waals surface area (Å²) < 4.78 is 63.8. The summed E-state index contributed by atoms with van der Waals surface area (Å²) >= 11 is 0. The van der Waals surface area contributed by atoms with Crippen molar-refractivity contribution in [3.63, 3.8) is 0 Å². The normalized spacial score (nSPS) is 13.5. The van der Waals surface area contributed by atoms with Gasteiger partial charge in [0.25, 0.3) is 0 Å². The molecule has 5 nitrogen and oxygen atoms in total. The molecule has 0 amide bonds. The SMILES string of the molecule is CC(c1ccccc1)n1cc(C(F)(F)F)nc1-c1ccc(S(N)(=O)=O)cc1. The molecule has 0 spiro atoms. The smallest absolute Gasteiger partial charge is 0.323 e. The molecule has 3 rings (SSSR count). The number of hydrogen-bond donors (Lipinski definition) is 1. The summed E-state index contributed by atoms with van der Waals surface area (Å²) in [6.07, 6.45) is -3.64. The van der Waals surface area contributed by atoms with E-state index in [1.807, 2.05) is 18.2 Å². The van der Waals surface area contributed by atoms with Crippen molar-refractivity contribution in [3.8, 4) is 11.4 Å². The molecule has 27 heavy (non-hydrogen) atoms. The van der Waals surface area contributed by atoms with E-state index in [0.717, 1.165) is 11.8 Å². The number of nitrogens with zero attached hydrogens (tertiary/aromatic N) is 2. The Hall–Kier alpha value is -2.65. The van der Waals surface area contributed by atoms with Crippen molar-refractivity contribution in [1.29, 1.82) is 0 Å². The van der Waals surface area contributed by atoms with Crippen LogP contribution < -0.4 is 5.14 Å². The van der Waals surface area contributed by atoms with Crippen LogP contribution in [0.15, 0.2) is 65.7 Å². The summed E-state index contributed by atoms with van der Waals surface area (Å²) in [5, 5.41) is 5.06. The fourth-order valence-corrected chi connectivity index (χ4v) is 3.24. The Labute approximate surface area is 154 Å².